The van der Waals surface area contributed by atoms with Crippen molar-refractivity contribution in [3.05, 3.63) is 88.1 Å². The molecule has 0 aliphatic rings. The molecular weight excluding hydrogens is 353 g/mol. The molecule has 3 aromatic rings. The normalized spacial score (nSPS) is 10.3. The van der Waals surface area contributed by atoms with Crippen molar-refractivity contribution in [1.29, 1.82) is 0 Å². The summed E-state index contributed by atoms with van der Waals surface area (Å²) in [5, 5.41) is 6.57. The van der Waals surface area contributed by atoms with Crippen molar-refractivity contribution >= 4 is 17.6 Å². The zero-order chi connectivity index (χ0) is 19.4. The van der Waals surface area contributed by atoms with Crippen molar-refractivity contribution < 1.29 is 18.7 Å². The summed E-state index contributed by atoms with van der Waals surface area (Å²) in [4.78, 5) is 35.8. The largest absolute Gasteiger partial charge is 0.465 e. The number of nitrogens with zero attached hydrogens (tertiary/aromatic N) is 2. The Balaban J connectivity index is 1.84. The molecule has 0 fully saturated rings. The lowest BCUT2D eigenvalue weighted by molar-refractivity contribution is 0.0600. The van der Waals surface area contributed by atoms with E-state index >= 15 is 0 Å². The van der Waals surface area contributed by atoms with Gasteiger partial charge in [-0.05, 0) is 48.5 Å². The van der Waals surface area contributed by atoms with E-state index in [0.717, 1.165) is 0 Å². The van der Waals surface area contributed by atoms with Crippen LogP contribution >= 0.6 is 0 Å². The van der Waals surface area contributed by atoms with Gasteiger partial charge >= 0.3 is 5.97 Å². The maximum Gasteiger partial charge on any atom is 0.337 e. The van der Waals surface area contributed by atoms with Crippen LogP contribution in [0.25, 0.3) is 5.69 Å². The Morgan fingerprint density at radius 3 is 2.33 bits per heavy atom. The summed E-state index contributed by atoms with van der Waals surface area (Å²) in [5.74, 6) is -1.62. The van der Waals surface area contributed by atoms with E-state index in [1.807, 2.05) is 0 Å². The van der Waals surface area contributed by atoms with Gasteiger partial charge in [-0.25, -0.2) is 13.9 Å². The monoisotopic (exact) mass is 367 g/mol. The van der Waals surface area contributed by atoms with E-state index in [-0.39, 0.29) is 5.69 Å². The Hall–Kier alpha value is -3.81. The number of hydrogen-bond donors (Lipinski definition) is 1. The molecule has 1 amide bonds. The fourth-order valence-corrected chi connectivity index (χ4v) is 2.30. The quantitative estimate of drug-likeness (QED) is 0.715. The average Bonchev–Trinajstić information content (AvgIpc) is 2.69. The van der Waals surface area contributed by atoms with E-state index in [0.29, 0.717) is 16.9 Å². The number of anilines is 1. The number of halogens is 1. The van der Waals surface area contributed by atoms with Crippen molar-refractivity contribution in [3.63, 3.8) is 0 Å². The van der Waals surface area contributed by atoms with Gasteiger partial charge in [0.2, 0.25) is 5.43 Å². The third-order valence-corrected chi connectivity index (χ3v) is 3.68. The van der Waals surface area contributed by atoms with E-state index in [2.05, 4.69) is 15.2 Å². The Labute approximate surface area is 153 Å². The lowest BCUT2D eigenvalue weighted by Crippen LogP contribution is -2.25. The highest BCUT2D eigenvalue weighted by Crippen LogP contribution is 2.12. The third kappa shape index (κ3) is 4.06. The van der Waals surface area contributed by atoms with E-state index in [9.17, 15) is 18.8 Å². The van der Waals surface area contributed by atoms with Gasteiger partial charge in [-0.1, -0.05) is 0 Å². The Bertz CT molecular complexity index is 1040. The molecule has 1 aromatic heterocycles. The molecule has 2 aromatic carbocycles. The van der Waals surface area contributed by atoms with Crippen LogP contribution in [0.1, 0.15) is 20.8 Å². The molecule has 0 atom stereocenters. The van der Waals surface area contributed by atoms with Crippen LogP contribution in [0.4, 0.5) is 10.1 Å². The van der Waals surface area contributed by atoms with Gasteiger partial charge in [0.15, 0.2) is 5.69 Å². The number of rotatable bonds is 4. The SMILES string of the molecule is COC(=O)c1ccc(NC(=O)c2nn(-c3ccc(F)cc3)ccc2=O)cc1. The molecule has 0 saturated heterocycles. The lowest BCUT2D eigenvalue weighted by Gasteiger charge is -2.08. The number of benzene rings is 2. The first-order valence-electron chi connectivity index (χ1n) is 7.83. The van der Waals surface area contributed by atoms with Crippen LogP contribution in [0, 0.1) is 5.82 Å². The Morgan fingerprint density at radius 2 is 1.70 bits per heavy atom. The van der Waals surface area contributed by atoms with Gasteiger partial charge in [0.1, 0.15) is 5.82 Å². The van der Waals surface area contributed by atoms with Crippen LogP contribution in [0.5, 0.6) is 0 Å². The molecule has 0 bridgehead atoms. The molecule has 0 unspecified atom stereocenters. The summed E-state index contributed by atoms with van der Waals surface area (Å²) in [5.41, 5.74) is 0.321. The van der Waals surface area contributed by atoms with Crippen LogP contribution in [0.2, 0.25) is 0 Å². The highest BCUT2D eigenvalue weighted by atomic mass is 19.1. The van der Waals surface area contributed by atoms with Gasteiger partial charge in [-0.2, -0.15) is 5.10 Å². The molecule has 136 valence electrons. The molecule has 0 aliphatic heterocycles. The number of esters is 1. The molecule has 0 saturated carbocycles. The number of amides is 1. The van der Waals surface area contributed by atoms with E-state index < -0.39 is 23.1 Å². The number of carbonyl (C=O) groups excluding carboxylic acids is 2. The number of methoxy groups -OCH3 is 1. The number of ether oxygens (including phenoxy) is 1. The molecule has 8 heteroatoms. The number of aromatic nitrogens is 2. The minimum Gasteiger partial charge on any atom is -0.465 e. The van der Waals surface area contributed by atoms with Crippen molar-refractivity contribution in [1.82, 2.24) is 9.78 Å². The van der Waals surface area contributed by atoms with Gasteiger partial charge in [-0.3, -0.25) is 9.59 Å². The molecule has 0 radical (unpaired) electrons. The number of hydrogen-bond acceptors (Lipinski definition) is 5. The number of nitrogens with one attached hydrogen (secondary N) is 1. The van der Waals surface area contributed by atoms with Crippen molar-refractivity contribution in [2.45, 2.75) is 0 Å². The predicted molar refractivity (Wildman–Crippen MR) is 95.5 cm³/mol. The van der Waals surface area contributed by atoms with Crippen molar-refractivity contribution in [2.75, 3.05) is 12.4 Å². The van der Waals surface area contributed by atoms with Crippen LogP contribution < -0.4 is 10.7 Å². The van der Waals surface area contributed by atoms with Gasteiger partial charge in [-0.15, -0.1) is 0 Å². The Kier molecular flexibility index (Phi) is 5.07. The summed E-state index contributed by atoms with van der Waals surface area (Å²) < 4.78 is 18.9. The van der Waals surface area contributed by atoms with E-state index in [4.69, 9.17) is 0 Å². The molecule has 7 nitrogen and oxygen atoms in total. The first-order chi connectivity index (χ1) is 13.0. The van der Waals surface area contributed by atoms with Gasteiger partial charge in [0, 0.05) is 18.0 Å². The highest BCUT2D eigenvalue weighted by molar-refractivity contribution is 6.03. The molecule has 1 N–H and O–H groups in total. The molecule has 3 rings (SSSR count). The van der Waals surface area contributed by atoms with Gasteiger partial charge in [0.05, 0.1) is 18.4 Å². The second-order valence-corrected chi connectivity index (χ2v) is 5.47. The molecule has 27 heavy (non-hydrogen) atoms. The second-order valence-electron chi connectivity index (χ2n) is 5.47. The zero-order valence-electron chi connectivity index (χ0n) is 14.2. The van der Waals surface area contributed by atoms with E-state index in [1.165, 1.54) is 72.6 Å². The third-order valence-electron chi connectivity index (χ3n) is 3.68. The molecular formula is C19H14FN3O4. The van der Waals surface area contributed by atoms with Gasteiger partial charge in [0.25, 0.3) is 5.91 Å². The minimum atomic E-state index is -0.706. The molecule has 1 heterocycles. The molecule has 0 aliphatic carbocycles. The summed E-state index contributed by atoms with van der Waals surface area (Å²) in [6, 6.07) is 12.6. The lowest BCUT2D eigenvalue weighted by atomic mass is 10.2. The first-order valence-corrected chi connectivity index (χ1v) is 7.83. The summed E-state index contributed by atoms with van der Waals surface area (Å²) >= 11 is 0. The average molecular weight is 367 g/mol. The van der Waals surface area contributed by atoms with E-state index in [1.54, 1.807) is 0 Å². The predicted octanol–water partition coefficient (Wildman–Crippen LogP) is 2.41. The van der Waals surface area contributed by atoms with Crippen molar-refractivity contribution in [2.24, 2.45) is 0 Å². The van der Waals surface area contributed by atoms with Crippen molar-refractivity contribution in [3.8, 4) is 5.69 Å². The van der Waals surface area contributed by atoms with Crippen LogP contribution in [0.15, 0.2) is 65.6 Å². The standard InChI is InChI=1S/C19H14FN3O4/c1-27-19(26)12-2-6-14(7-3-12)21-18(25)17-16(24)10-11-23(22-17)15-8-4-13(20)5-9-15/h2-11H,1H3,(H,21,25). The fraction of sp³-hybridized carbons (Fsp3) is 0.0526. The maximum atomic E-state index is 13.0. The zero-order valence-corrected chi connectivity index (χ0v) is 14.2. The first kappa shape index (κ1) is 18.0. The molecule has 0 spiro atoms. The summed E-state index contributed by atoms with van der Waals surface area (Å²) in [6.07, 6.45) is 1.39. The topological polar surface area (TPSA) is 90.3 Å². The maximum absolute atomic E-state index is 13.0. The highest BCUT2D eigenvalue weighted by Gasteiger charge is 2.14. The Morgan fingerprint density at radius 1 is 1.04 bits per heavy atom. The summed E-state index contributed by atoms with van der Waals surface area (Å²) in [6.45, 7) is 0. The van der Waals surface area contributed by atoms with Gasteiger partial charge < -0.3 is 10.1 Å². The van der Waals surface area contributed by atoms with Crippen LogP contribution in [-0.2, 0) is 4.74 Å². The van der Waals surface area contributed by atoms with Crippen LogP contribution in [0.3, 0.4) is 0 Å². The minimum absolute atomic E-state index is 0.320. The van der Waals surface area contributed by atoms with Crippen LogP contribution in [-0.4, -0.2) is 28.8 Å². The smallest absolute Gasteiger partial charge is 0.337 e. The number of carbonyl (C=O) groups is 2. The summed E-state index contributed by atoms with van der Waals surface area (Å²) in [7, 11) is 1.27. The fourth-order valence-electron chi connectivity index (χ4n) is 2.30. The second kappa shape index (κ2) is 7.61.